The molecule has 1 fully saturated rings. The minimum absolute atomic E-state index is 0.0358. The van der Waals surface area contributed by atoms with Crippen molar-refractivity contribution in [3.8, 4) is 0 Å². The maximum absolute atomic E-state index is 12.0. The number of benzene rings is 1. The van der Waals surface area contributed by atoms with Crippen LogP contribution in [0.3, 0.4) is 0 Å². The molecule has 0 radical (unpaired) electrons. The maximum Gasteiger partial charge on any atom is 0.312 e. The van der Waals surface area contributed by atoms with Gasteiger partial charge in [-0.05, 0) is 62.3 Å². The number of carbonyl (C=O) groups is 1. The summed E-state index contributed by atoms with van der Waals surface area (Å²) in [7, 11) is 1.50. The topological polar surface area (TPSA) is 26.3 Å². The molecule has 98 valence electrons. The van der Waals surface area contributed by atoms with Crippen LogP contribution in [0.2, 0.25) is 0 Å². The third-order valence-corrected chi connectivity index (χ3v) is 4.63. The Kier molecular flexibility index (Phi) is 3.47. The quantitative estimate of drug-likeness (QED) is 0.763. The Labute approximate surface area is 109 Å². The first-order valence-corrected chi connectivity index (χ1v) is 6.64. The molecule has 0 aromatic heterocycles. The van der Waals surface area contributed by atoms with Crippen LogP contribution in [0.25, 0.3) is 0 Å². The average Bonchev–Trinajstić information content (AvgIpc) is 2.32. The standard InChI is InChI=1S/C16H22O2/c1-11-6-7-14(13(3)12(11)2)10-16(8-5-9-16)15(17)18-4/h6-7H,5,8-10H2,1-4H3. The minimum atomic E-state index is -0.249. The zero-order valence-electron chi connectivity index (χ0n) is 11.8. The highest BCUT2D eigenvalue weighted by Crippen LogP contribution is 2.45. The van der Waals surface area contributed by atoms with Gasteiger partial charge in [0.05, 0.1) is 12.5 Å². The van der Waals surface area contributed by atoms with Crippen molar-refractivity contribution in [2.75, 3.05) is 7.11 Å². The summed E-state index contributed by atoms with van der Waals surface area (Å²) in [5, 5.41) is 0. The molecule has 0 atom stereocenters. The predicted octanol–water partition coefficient (Wildman–Crippen LogP) is 3.50. The summed E-state index contributed by atoms with van der Waals surface area (Å²) in [5.41, 5.74) is 5.03. The molecule has 0 aliphatic heterocycles. The van der Waals surface area contributed by atoms with Crippen molar-refractivity contribution in [3.05, 3.63) is 34.4 Å². The molecule has 0 spiro atoms. The molecular weight excluding hydrogens is 224 g/mol. The molecule has 1 aliphatic rings. The molecule has 2 heteroatoms. The first-order chi connectivity index (χ1) is 8.50. The van der Waals surface area contributed by atoms with Gasteiger partial charge in [0.1, 0.15) is 0 Å². The maximum atomic E-state index is 12.0. The van der Waals surface area contributed by atoms with E-state index in [1.807, 2.05) is 0 Å². The second-order valence-electron chi connectivity index (χ2n) is 5.59. The number of rotatable bonds is 3. The zero-order valence-corrected chi connectivity index (χ0v) is 11.8. The van der Waals surface area contributed by atoms with Crippen molar-refractivity contribution in [2.24, 2.45) is 5.41 Å². The molecule has 1 aliphatic carbocycles. The van der Waals surface area contributed by atoms with Gasteiger partial charge in [0.15, 0.2) is 0 Å². The molecule has 0 heterocycles. The van der Waals surface area contributed by atoms with E-state index >= 15 is 0 Å². The second kappa shape index (κ2) is 4.75. The van der Waals surface area contributed by atoms with Crippen LogP contribution in [0.15, 0.2) is 12.1 Å². The van der Waals surface area contributed by atoms with Crippen LogP contribution in [0.1, 0.15) is 41.5 Å². The molecule has 0 N–H and O–H groups in total. The highest BCUT2D eigenvalue weighted by Gasteiger charge is 2.45. The van der Waals surface area contributed by atoms with Crippen molar-refractivity contribution in [3.63, 3.8) is 0 Å². The fraction of sp³-hybridized carbons (Fsp3) is 0.562. The van der Waals surface area contributed by atoms with Gasteiger partial charge in [-0.2, -0.15) is 0 Å². The van der Waals surface area contributed by atoms with Gasteiger partial charge in [-0.1, -0.05) is 18.6 Å². The lowest BCUT2D eigenvalue weighted by Crippen LogP contribution is -2.41. The number of carbonyl (C=O) groups excluding carboxylic acids is 1. The van der Waals surface area contributed by atoms with Gasteiger partial charge in [-0.25, -0.2) is 0 Å². The largest absolute Gasteiger partial charge is 0.469 e. The van der Waals surface area contributed by atoms with Crippen LogP contribution in [0.5, 0.6) is 0 Å². The molecule has 0 bridgehead atoms. The van der Waals surface area contributed by atoms with Crippen molar-refractivity contribution in [1.29, 1.82) is 0 Å². The van der Waals surface area contributed by atoms with E-state index in [1.54, 1.807) is 0 Å². The van der Waals surface area contributed by atoms with Crippen LogP contribution in [-0.4, -0.2) is 13.1 Å². The Morgan fingerprint density at radius 3 is 2.39 bits per heavy atom. The first kappa shape index (κ1) is 13.1. The van der Waals surface area contributed by atoms with Gasteiger partial charge < -0.3 is 4.74 Å². The minimum Gasteiger partial charge on any atom is -0.469 e. The van der Waals surface area contributed by atoms with E-state index in [2.05, 4.69) is 32.9 Å². The van der Waals surface area contributed by atoms with Gasteiger partial charge in [0, 0.05) is 0 Å². The van der Waals surface area contributed by atoms with Crippen LogP contribution in [-0.2, 0) is 16.0 Å². The van der Waals surface area contributed by atoms with E-state index in [-0.39, 0.29) is 11.4 Å². The molecule has 1 aromatic carbocycles. The van der Waals surface area contributed by atoms with Crippen molar-refractivity contribution in [2.45, 2.75) is 46.5 Å². The van der Waals surface area contributed by atoms with Crippen LogP contribution in [0, 0.1) is 26.2 Å². The molecule has 0 amide bonds. The van der Waals surface area contributed by atoms with E-state index < -0.39 is 0 Å². The van der Waals surface area contributed by atoms with E-state index in [9.17, 15) is 4.79 Å². The average molecular weight is 246 g/mol. The monoisotopic (exact) mass is 246 g/mol. The second-order valence-corrected chi connectivity index (χ2v) is 5.59. The summed E-state index contributed by atoms with van der Waals surface area (Å²) in [4.78, 5) is 12.0. The molecule has 1 aromatic rings. The van der Waals surface area contributed by atoms with Crippen LogP contribution in [0.4, 0.5) is 0 Å². The Hall–Kier alpha value is -1.31. The third kappa shape index (κ3) is 2.05. The van der Waals surface area contributed by atoms with Crippen LogP contribution >= 0.6 is 0 Å². The summed E-state index contributed by atoms with van der Waals surface area (Å²) in [6.07, 6.45) is 3.89. The number of ether oxygens (including phenoxy) is 1. The van der Waals surface area contributed by atoms with Crippen molar-refractivity contribution in [1.82, 2.24) is 0 Å². The summed E-state index contributed by atoms with van der Waals surface area (Å²) in [6, 6.07) is 4.32. The number of hydrogen-bond donors (Lipinski definition) is 0. The number of hydrogen-bond acceptors (Lipinski definition) is 2. The van der Waals surface area contributed by atoms with Gasteiger partial charge in [0.2, 0.25) is 0 Å². The predicted molar refractivity (Wildman–Crippen MR) is 72.7 cm³/mol. The fourth-order valence-electron chi connectivity index (χ4n) is 2.84. The zero-order chi connectivity index (χ0) is 13.3. The first-order valence-electron chi connectivity index (χ1n) is 6.64. The lowest BCUT2D eigenvalue weighted by Gasteiger charge is -2.39. The van der Waals surface area contributed by atoms with E-state index in [0.717, 1.165) is 25.7 Å². The van der Waals surface area contributed by atoms with Crippen molar-refractivity contribution >= 4 is 5.97 Å². The lowest BCUT2D eigenvalue weighted by atomic mass is 9.65. The Balaban J connectivity index is 2.28. The SMILES string of the molecule is COC(=O)C1(Cc2ccc(C)c(C)c2C)CCC1. The fourth-order valence-corrected chi connectivity index (χ4v) is 2.84. The number of aryl methyl sites for hydroxylation is 1. The number of methoxy groups -OCH3 is 1. The molecule has 1 saturated carbocycles. The molecule has 0 unspecified atom stereocenters. The summed E-state index contributed by atoms with van der Waals surface area (Å²) in [6.45, 7) is 6.44. The molecule has 2 nitrogen and oxygen atoms in total. The van der Waals surface area contributed by atoms with Gasteiger partial charge >= 0.3 is 5.97 Å². The Morgan fingerprint density at radius 2 is 1.89 bits per heavy atom. The van der Waals surface area contributed by atoms with E-state index in [1.165, 1.54) is 29.4 Å². The third-order valence-electron chi connectivity index (χ3n) is 4.63. The molecular formula is C16H22O2. The smallest absolute Gasteiger partial charge is 0.312 e. The highest BCUT2D eigenvalue weighted by molar-refractivity contribution is 5.78. The highest BCUT2D eigenvalue weighted by atomic mass is 16.5. The Bertz CT molecular complexity index is 470. The molecule has 2 rings (SSSR count). The van der Waals surface area contributed by atoms with Gasteiger partial charge in [0.25, 0.3) is 0 Å². The van der Waals surface area contributed by atoms with E-state index in [0.29, 0.717) is 0 Å². The summed E-state index contributed by atoms with van der Waals surface area (Å²) >= 11 is 0. The van der Waals surface area contributed by atoms with Gasteiger partial charge in [-0.3, -0.25) is 4.79 Å². The summed E-state index contributed by atoms with van der Waals surface area (Å²) < 4.78 is 4.98. The molecule has 0 saturated heterocycles. The summed E-state index contributed by atoms with van der Waals surface area (Å²) in [5.74, 6) is -0.0358. The van der Waals surface area contributed by atoms with Crippen LogP contribution < -0.4 is 0 Å². The lowest BCUT2D eigenvalue weighted by molar-refractivity contribution is -0.158. The van der Waals surface area contributed by atoms with E-state index in [4.69, 9.17) is 4.74 Å². The van der Waals surface area contributed by atoms with Gasteiger partial charge in [-0.15, -0.1) is 0 Å². The van der Waals surface area contributed by atoms with Crippen molar-refractivity contribution < 1.29 is 9.53 Å². The Morgan fingerprint density at radius 1 is 1.22 bits per heavy atom. The normalized spacial score (nSPS) is 17.1. The number of esters is 1. The molecule has 18 heavy (non-hydrogen) atoms.